The Balaban J connectivity index is 1.15. The van der Waals surface area contributed by atoms with E-state index in [2.05, 4.69) is 25.5 Å². The highest BCUT2D eigenvalue weighted by Crippen LogP contribution is 2.51. The Kier molecular flexibility index (Phi) is 13.0. The molecule has 14 nitrogen and oxygen atoms in total. The summed E-state index contributed by atoms with van der Waals surface area (Å²) in [6.45, 7) is 14.6. The number of halogens is 1. The Morgan fingerprint density at radius 2 is 1.51 bits per heavy atom. The van der Waals surface area contributed by atoms with Crippen molar-refractivity contribution < 1.29 is 37.3 Å². The van der Waals surface area contributed by atoms with E-state index in [1.807, 2.05) is 83.7 Å². The SMILES string of the molecule is C[n+]1cccc2cc([Si](F)(C(C)(C)C)C(C)(C)C)n(Cc3cn(CCOCCNC(=O)CCOCCNC(=O)CCN4C(=O)C=CC4=O)nn3)c21. The van der Waals surface area contributed by atoms with Crippen molar-refractivity contribution in [2.24, 2.45) is 7.05 Å². The first-order valence-corrected chi connectivity index (χ1v) is 19.2. The number of ether oxygens (including phenoxy) is 2. The Labute approximate surface area is 299 Å². The number of rotatable bonds is 18. The lowest BCUT2D eigenvalue weighted by Crippen LogP contribution is -2.60. The summed E-state index contributed by atoms with van der Waals surface area (Å²) in [4.78, 5) is 48.0. The molecule has 4 rings (SSSR count). The highest BCUT2D eigenvalue weighted by molar-refractivity contribution is 6.90. The van der Waals surface area contributed by atoms with Crippen molar-refractivity contribution in [1.29, 1.82) is 0 Å². The molecule has 0 saturated carbocycles. The molecule has 16 heteroatoms. The van der Waals surface area contributed by atoms with E-state index in [-0.39, 0.29) is 51.0 Å². The maximum absolute atomic E-state index is 17.6. The molecule has 2 N–H and O–H groups in total. The van der Waals surface area contributed by atoms with Gasteiger partial charge in [-0.15, -0.1) is 5.10 Å². The first-order valence-electron chi connectivity index (χ1n) is 17.3. The van der Waals surface area contributed by atoms with Gasteiger partial charge in [-0.05, 0) is 28.3 Å². The quantitative estimate of drug-likeness (QED) is 0.0662. The molecule has 0 atom stereocenters. The minimum Gasteiger partial charge on any atom is -0.379 e. The van der Waals surface area contributed by atoms with E-state index in [9.17, 15) is 19.2 Å². The molecule has 278 valence electrons. The van der Waals surface area contributed by atoms with Crippen molar-refractivity contribution >= 4 is 48.4 Å². The van der Waals surface area contributed by atoms with Crippen LogP contribution in [-0.2, 0) is 48.8 Å². The fraction of sp³-hybridized carbons (Fsp3) is 0.571. The Bertz CT molecular complexity index is 1710. The number of carbonyl (C=O) groups excluding carboxylic acids is 4. The number of fused-ring (bicyclic) bond motifs is 1. The van der Waals surface area contributed by atoms with Gasteiger partial charge >= 0.3 is 8.41 Å². The fourth-order valence-corrected chi connectivity index (χ4v) is 11.2. The van der Waals surface area contributed by atoms with E-state index >= 15 is 4.11 Å². The third kappa shape index (κ3) is 9.74. The van der Waals surface area contributed by atoms with Crippen LogP contribution in [0.5, 0.6) is 0 Å². The predicted octanol–water partition coefficient (Wildman–Crippen LogP) is 1.80. The van der Waals surface area contributed by atoms with Gasteiger partial charge in [-0.2, -0.15) is 0 Å². The monoisotopic (exact) mass is 727 g/mol. The molecule has 0 aliphatic carbocycles. The number of pyridine rings is 1. The second-order valence-electron chi connectivity index (χ2n) is 14.7. The Hall–Kier alpha value is -4.28. The minimum atomic E-state index is -3.59. The lowest BCUT2D eigenvalue weighted by Gasteiger charge is -2.43. The maximum atomic E-state index is 17.6. The highest BCUT2D eigenvalue weighted by Gasteiger charge is 2.61. The van der Waals surface area contributed by atoms with Crippen molar-refractivity contribution in [1.82, 2.24) is 35.1 Å². The summed E-state index contributed by atoms with van der Waals surface area (Å²) in [5, 5.41) is 14.8. The number of aromatic nitrogens is 5. The van der Waals surface area contributed by atoms with Gasteiger partial charge in [-0.3, -0.25) is 24.1 Å². The number of nitrogens with one attached hydrogen (secondary N) is 2. The summed E-state index contributed by atoms with van der Waals surface area (Å²) in [6, 6.07) is 6.03. The van der Waals surface area contributed by atoms with Crippen LogP contribution in [0.1, 0.15) is 60.1 Å². The molecule has 0 radical (unpaired) electrons. The number of amides is 4. The molecule has 0 fully saturated rings. The number of carbonyl (C=O) groups is 4. The van der Waals surface area contributed by atoms with Crippen LogP contribution in [0.25, 0.3) is 11.0 Å². The number of aryl methyl sites for hydroxylation is 1. The summed E-state index contributed by atoms with van der Waals surface area (Å²) in [7, 11) is -1.62. The van der Waals surface area contributed by atoms with Gasteiger partial charge in [0.05, 0.1) is 57.8 Å². The molecule has 4 amide bonds. The molecule has 4 heterocycles. The molecule has 0 aromatic carbocycles. The van der Waals surface area contributed by atoms with Crippen LogP contribution in [0.3, 0.4) is 0 Å². The van der Waals surface area contributed by atoms with Crippen molar-refractivity contribution in [3.63, 3.8) is 0 Å². The highest BCUT2D eigenvalue weighted by atomic mass is 28.4. The van der Waals surface area contributed by atoms with Gasteiger partial charge in [0.2, 0.25) is 11.8 Å². The van der Waals surface area contributed by atoms with Crippen LogP contribution < -0.4 is 20.5 Å². The van der Waals surface area contributed by atoms with E-state index in [1.165, 1.54) is 12.2 Å². The van der Waals surface area contributed by atoms with Crippen LogP contribution in [0, 0.1) is 0 Å². The molecule has 3 aromatic heterocycles. The number of hydrogen-bond donors (Lipinski definition) is 2. The van der Waals surface area contributed by atoms with E-state index in [0.717, 1.165) is 26.9 Å². The summed E-state index contributed by atoms with van der Waals surface area (Å²) in [6.07, 6.45) is 6.36. The smallest absolute Gasteiger partial charge is 0.330 e. The molecule has 0 unspecified atom stereocenters. The number of nitrogens with zero attached hydrogens (tertiary/aromatic N) is 6. The van der Waals surface area contributed by atoms with Crippen molar-refractivity contribution in [2.45, 2.75) is 77.6 Å². The third-order valence-corrected chi connectivity index (χ3v) is 14.1. The summed E-state index contributed by atoms with van der Waals surface area (Å²) < 4.78 is 34.5. The molecular weight excluding hydrogens is 676 g/mol. The van der Waals surface area contributed by atoms with Crippen LogP contribution in [0.15, 0.2) is 42.7 Å². The van der Waals surface area contributed by atoms with E-state index in [1.54, 1.807) is 4.68 Å². The average Bonchev–Trinajstić information content (AvgIpc) is 3.75. The van der Waals surface area contributed by atoms with Crippen molar-refractivity contribution in [3.05, 3.63) is 48.4 Å². The lowest BCUT2D eigenvalue weighted by atomic mass is 10.2. The van der Waals surface area contributed by atoms with Gasteiger partial charge in [0.1, 0.15) is 17.6 Å². The van der Waals surface area contributed by atoms with E-state index < -0.39 is 30.3 Å². The number of hydrogen-bond acceptors (Lipinski definition) is 8. The zero-order valence-electron chi connectivity index (χ0n) is 30.8. The second-order valence-corrected chi connectivity index (χ2v) is 19.6. The van der Waals surface area contributed by atoms with Crippen LogP contribution >= 0.6 is 0 Å². The average molecular weight is 728 g/mol. The zero-order valence-corrected chi connectivity index (χ0v) is 31.8. The molecule has 1 aliphatic rings. The maximum Gasteiger partial charge on any atom is 0.330 e. The molecule has 0 bridgehead atoms. The van der Waals surface area contributed by atoms with Crippen LogP contribution in [-0.4, -0.2) is 103 Å². The van der Waals surface area contributed by atoms with Gasteiger partial charge < -0.3 is 24.2 Å². The largest absolute Gasteiger partial charge is 0.379 e. The van der Waals surface area contributed by atoms with E-state index in [0.29, 0.717) is 32.8 Å². The Morgan fingerprint density at radius 1 is 0.902 bits per heavy atom. The van der Waals surface area contributed by atoms with Crippen LogP contribution in [0.2, 0.25) is 10.1 Å². The van der Waals surface area contributed by atoms with Gasteiger partial charge in [0, 0.05) is 44.6 Å². The molecular formula is C35H52FN8O6Si+. The third-order valence-electron chi connectivity index (χ3n) is 8.88. The predicted molar refractivity (Wildman–Crippen MR) is 191 cm³/mol. The van der Waals surface area contributed by atoms with Crippen LogP contribution in [0.4, 0.5) is 4.11 Å². The molecule has 0 spiro atoms. The topological polar surface area (TPSA) is 154 Å². The lowest BCUT2D eigenvalue weighted by molar-refractivity contribution is -0.647. The summed E-state index contributed by atoms with van der Waals surface area (Å²) in [5.74, 6) is -1.32. The first kappa shape index (κ1) is 39.5. The van der Waals surface area contributed by atoms with Gasteiger partial charge in [-0.1, -0.05) is 46.8 Å². The molecule has 1 aliphatic heterocycles. The fourth-order valence-electron chi connectivity index (χ4n) is 6.54. The first-order chi connectivity index (χ1) is 24.0. The van der Waals surface area contributed by atoms with E-state index in [4.69, 9.17) is 9.47 Å². The van der Waals surface area contributed by atoms with Gasteiger partial charge in [-0.25, -0.2) is 13.8 Å². The number of imide groups is 1. The second kappa shape index (κ2) is 16.8. The van der Waals surface area contributed by atoms with Gasteiger partial charge in [0.25, 0.3) is 17.5 Å². The molecule has 51 heavy (non-hydrogen) atoms. The van der Waals surface area contributed by atoms with Crippen molar-refractivity contribution in [3.8, 4) is 0 Å². The van der Waals surface area contributed by atoms with Crippen molar-refractivity contribution in [2.75, 3.05) is 46.1 Å². The summed E-state index contributed by atoms with van der Waals surface area (Å²) >= 11 is 0. The standard InChI is InChI=1S/C35H51FN8O6Si/c1-34(2,3)51(36,35(4,5)6)32-23-26-9-8-16-41(7)33(26)44(32)25-27-24-42(40-39-27)18-22-50-21-15-38-29(46)13-19-49-20-14-37-28(45)12-17-43-30(47)10-11-31(43)48/h8-11,16,23-24H,12-15,17-22,25H2,1-7H3,(H-,37,38,45,46)/p+1. The van der Waals surface area contributed by atoms with Gasteiger partial charge in [0.15, 0.2) is 0 Å². The molecule has 0 saturated heterocycles. The zero-order chi connectivity index (χ0) is 37.4. The molecule has 3 aromatic rings. The minimum absolute atomic E-state index is 0.00825. The summed E-state index contributed by atoms with van der Waals surface area (Å²) in [5.41, 5.74) is 1.66. The normalized spacial score (nSPS) is 13.8. The Morgan fingerprint density at radius 3 is 2.14 bits per heavy atom.